The molecule has 102 valence electrons. The Morgan fingerprint density at radius 1 is 1.32 bits per heavy atom. The summed E-state index contributed by atoms with van der Waals surface area (Å²) in [6.45, 7) is 0. The van der Waals surface area contributed by atoms with E-state index in [1.807, 2.05) is 0 Å². The Bertz CT molecular complexity index is 645. The molecule has 0 aliphatic heterocycles. The SMILES string of the molecule is Nc1nc(F)c(F)c2c1ncn2[C@@H]1CC[C@@H](O)[C@H]1O. The highest BCUT2D eigenvalue weighted by molar-refractivity contribution is 5.85. The first-order chi connectivity index (χ1) is 9.00. The summed E-state index contributed by atoms with van der Waals surface area (Å²) in [7, 11) is 0. The van der Waals surface area contributed by atoms with Crippen LogP contribution in [-0.2, 0) is 0 Å². The number of pyridine rings is 1. The minimum absolute atomic E-state index is 0.0486. The van der Waals surface area contributed by atoms with Gasteiger partial charge in [0.05, 0.1) is 18.5 Å². The molecule has 0 spiro atoms. The summed E-state index contributed by atoms with van der Waals surface area (Å²) in [6, 6.07) is -0.560. The van der Waals surface area contributed by atoms with E-state index >= 15 is 0 Å². The summed E-state index contributed by atoms with van der Waals surface area (Å²) in [5.74, 6) is -2.67. The van der Waals surface area contributed by atoms with Crippen molar-refractivity contribution in [2.24, 2.45) is 0 Å². The number of aliphatic hydroxyl groups is 2. The molecule has 1 aliphatic rings. The highest BCUT2D eigenvalue weighted by atomic mass is 19.2. The third-order valence-corrected chi connectivity index (χ3v) is 3.55. The van der Waals surface area contributed by atoms with Gasteiger partial charge in [0, 0.05) is 0 Å². The number of nitrogens with two attached hydrogens (primary N) is 1. The second-order valence-corrected chi connectivity index (χ2v) is 4.65. The lowest BCUT2D eigenvalue weighted by Gasteiger charge is -2.18. The molecule has 0 aromatic carbocycles. The number of imidazole rings is 1. The fourth-order valence-electron chi connectivity index (χ4n) is 2.57. The van der Waals surface area contributed by atoms with Gasteiger partial charge in [-0.05, 0) is 12.8 Å². The fourth-order valence-corrected chi connectivity index (χ4v) is 2.57. The zero-order chi connectivity index (χ0) is 13.7. The van der Waals surface area contributed by atoms with Crippen LogP contribution < -0.4 is 5.73 Å². The van der Waals surface area contributed by atoms with Crippen LogP contribution in [0.2, 0.25) is 0 Å². The second-order valence-electron chi connectivity index (χ2n) is 4.65. The van der Waals surface area contributed by atoms with Crippen LogP contribution in [0, 0.1) is 11.8 Å². The lowest BCUT2D eigenvalue weighted by molar-refractivity contribution is 0.0241. The Hall–Kier alpha value is -1.80. The van der Waals surface area contributed by atoms with Crippen molar-refractivity contribution in [1.29, 1.82) is 0 Å². The fraction of sp³-hybridized carbons (Fsp3) is 0.455. The highest BCUT2D eigenvalue weighted by Crippen LogP contribution is 2.34. The molecule has 4 N–H and O–H groups in total. The molecule has 1 fully saturated rings. The number of nitrogens with zero attached hydrogens (tertiary/aromatic N) is 3. The molecular weight excluding hydrogens is 258 g/mol. The van der Waals surface area contributed by atoms with Crippen molar-refractivity contribution >= 4 is 16.9 Å². The minimum atomic E-state index is -1.31. The molecule has 8 heteroatoms. The number of hydrogen-bond acceptors (Lipinski definition) is 5. The van der Waals surface area contributed by atoms with Gasteiger partial charge in [0.25, 0.3) is 5.95 Å². The summed E-state index contributed by atoms with van der Waals surface area (Å²) >= 11 is 0. The van der Waals surface area contributed by atoms with E-state index in [4.69, 9.17) is 5.73 Å². The van der Waals surface area contributed by atoms with E-state index in [0.29, 0.717) is 12.8 Å². The largest absolute Gasteiger partial charge is 0.390 e. The first-order valence-electron chi connectivity index (χ1n) is 5.84. The van der Waals surface area contributed by atoms with Crippen LogP contribution in [0.5, 0.6) is 0 Å². The molecule has 19 heavy (non-hydrogen) atoms. The molecule has 2 aromatic rings. The molecule has 0 saturated heterocycles. The summed E-state index contributed by atoms with van der Waals surface area (Å²) in [5, 5.41) is 19.4. The van der Waals surface area contributed by atoms with Crippen LogP contribution in [0.25, 0.3) is 11.0 Å². The molecule has 0 radical (unpaired) electrons. The van der Waals surface area contributed by atoms with Gasteiger partial charge in [-0.2, -0.15) is 13.8 Å². The van der Waals surface area contributed by atoms with Crippen LogP contribution in [0.15, 0.2) is 6.33 Å². The quantitative estimate of drug-likeness (QED) is 0.650. The van der Waals surface area contributed by atoms with Crippen molar-refractivity contribution in [2.45, 2.75) is 31.1 Å². The average Bonchev–Trinajstić information content (AvgIpc) is 2.93. The smallest absolute Gasteiger partial charge is 0.253 e. The minimum Gasteiger partial charge on any atom is -0.390 e. The molecule has 2 heterocycles. The predicted molar refractivity (Wildman–Crippen MR) is 62.1 cm³/mol. The number of anilines is 1. The van der Waals surface area contributed by atoms with Crippen LogP contribution in [0.3, 0.4) is 0 Å². The molecule has 0 unspecified atom stereocenters. The summed E-state index contributed by atoms with van der Waals surface area (Å²) in [5.41, 5.74) is 5.41. The first-order valence-corrected chi connectivity index (χ1v) is 5.84. The van der Waals surface area contributed by atoms with Crippen molar-refractivity contribution in [3.05, 3.63) is 18.1 Å². The number of aromatic nitrogens is 3. The molecule has 3 atom stereocenters. The van der Waals surface area contributed by atoms with E-state index in [-0.39, 0.29) is 16.9 Å². The molecule has 2 aromatic heterocycles. The van der Waals surface area contributed by atoms with Crippen molar-refractivity contribution in [1.82, 2.24) is 14.5 Å². The van der Waals surface area contributed by atoms with Crippen LogP contribution in [0.1, 0.15) is 18.9 Å². The normalized spacial score (nSPS) is 27.3. The van der Waals surface area contributed by atoms with Crippen LogP contribution in [0.4, 0.5) is 14.6 Å². The van der Waals surface area contributed by atoms with Gasteiger partial charge in [0.1, 0.15) is 17.1 Å². The van der Waals surface area contributed by atoms with Gasteiger partial charge in [-0.1, -0.05) is 0 Å². The van der Waals surface area contributed by atoms with E-state index in [2.05, 4.69) is 9.97 Å². The highest BCUT2D eigenvalue weighted by Gasteiger charge is 2.36. The summed E-state index contributed by atoms with van der Waals surface area (Å²) < 4.78 is 28.5. The van der Waals surface area contributed by atoms with Gasteiger partial charge in [-0.25, -0.2) is 4.98 Å². The number of fused-ring (bicyclic) bond motifs is 1. The van der Waals surface area contributed by atoms with Crippen LogP contribution in [-0.4, -0.2) is 37.0 Å². The van der Waals surface area contributed by atoms with E-state index in [1.165, 1.54) is 10.9 Å². The number of halogens is 2. The molecule has 0 amide bonds. The predicted octanol–water partition coefficient (Wildman–Crippen LogP) is 0.348. The topological polar surface area (TPSA) is 97.2 Å². The maximum atomic E-state index is 13.9. The Morgan fingerprint density at radius 2 is 2.05 bits per heavy atom. The number of nitrogen functional groups attached to an aromatic ring is 1. The standard InChI is InChI=1S/C11H12F2N4O2/c12-6-8-7(11(14)16-10(6)13)15-3-17(8)4-1-2-5(18)9(4)19/h3-5,9,18-19H,1-2H2,(H2,14,16)/t4-,5-,9+/m1/s1. The van der Waals surface area contributed by atoms with Crippen molar-refractivity contribution < 1.29 is 19.0 Å². The molecule has 1 aliphatic carbocycles. The Labute approximate surface area is 106 Å². The molecule has 3 rings (SSSR count). The zero-order valence-corrected chi connectivity index (χ0v) is 9.79. The van der Waals surface area contributed by atoms with Gasteiger partial charge < -0.3 is 20.5 Å². The maximum absolute atomic E-state index is 13.9. The van der Waals surface area contributed by atoms with Gasteiger partial charge in [-0.3, -0.25) is 0 Å². The first kappa shape index (κ1) is 12.2. The summed E-state index contributed by atoms with van der Waals surface area (Å²) in [6.07, 6.45) is 0.175. The third kappa shape index (κ3) is 1.67. The average molecular weight is 270 g/mol. The van der Waals surface area contributed by atoms with Gasteiger partial charge >= 0.3 is 0 Å². The lowest BCUT2D eigenvalue weighted by Crippen LogP contribution is -2.27. The molecule has 6 nitrogen and oxygen atoms in total. The van der Waals surface area contributed by atoms with E-state index in [0.717, 1.165) is 0 Å². The number of hydrogen-bond donors (Lipinski definition) is 3. The Kier molecular flexibility index (Phi) is 2.64. The number of aliphatic hydroxyl groups excluding tert-OH is 2. The van der Waals surface area contributed by atoms with E-state index in [9.17, 15) is 19.0 Å². The Balaban J connectivity index is 2.20. The van der Waals surface area contributed by atoms with E-state index < -0.39 is 30.0 Å². The lowest BCUT2D eigenvalue weighted by atomic mass is 10.2. The number of rotatable bonds is 1. The van der Waals surface area contributed by atoms with Gasteiger partial charge in [0.15, 0.2) is 5.82 Å². The molecule has 1 saturated carbocycles. The Morgan fingerprint density at radius 3 is 2.68 bits per heavy atom. The van der Waals surface area contributed by atoms with Crippen molar-refractivity contribution in [3.63, 3.8) is 0 Å². The molecule has 0 bridgehead atoms. The second kappa shape index (κ2) is 4.10. The summed E-state index contributed by atoms with van der Waals surface area (Å²) in [4.78, 5) is 7.12. The third-order valence-electron chi connectivity index (χ3n) is 3.55. The van der Waals surface area contributed by atoms with Gasteiger partial charge in [-0.15, -0.1) is 0 Å². The van der Waals surface area contributed by atoms with Crippen LogP contribution >= 0.6 is 0 Å². The maximum Gasteiger partial charge on any atom is 0.253 e. The van der Waals surface area contributed by atoms with Crippen molar-refractivity contribution in [2.75, 3.05) is 5.73 Å². The van der Waals surface area contributed by atoms with Gasteiger partial charge in [0.2, 0.25) is 5.82 Å². The molecular formula is C11H12F2N4O2. The zero-order valence-electron chi connectivity index (χ0n) is 9.79. The monoisotopic (exact) mass is 270 g/mol. The van der Waals surface area contributed by atoms with E-state index in [1.54, 1.807) is 0 Å². The van der Waals surface area contributed by atoms with Crippen molar-refractivity contribution in [3.8, 4) is 0 Å².